The summed E-state index contributed by atoms with van der Waals surface area (Å²) in [5.41, 5.74) is 1.27. The molecular weight excluding hydrogens is 424 g/mol. The van der Waals surface area contributed by atoms with Crippen LogP contribution in [0.1, 0.15) is 31.2 Å². The van der Waals surface area contributed by atoms with Crippen molar-refractivity contribution in [3.8, 4) is 0 Å². The first-order valence-corrected chi connectivity index (χ1v) is 13.0. The number of hydrogen-bond acceptors (Lipinski definition) is 5. The highest BCUT2D eigenvalue weighted by atomic mass is 32.2. The van der Waals surface area contributed by atoms with E-state index in [0.717, 1.165) is 31.2 Å². The van der Waals surface area contributed by atoms with Crippen molar-refractivity contribution >= 4 is 31.5 Å². The maximum absolute atomic E-state index is 12.8. The molecule has 0 spiro atoms. The van der Waals surface area contributed by atoms with Crippen molar-refractivity contribution in [3.63, 3.8) is 0 Å². The van der Waals surface area contributed by atoms with Crippen molar-refractivity contribution in [2.24, 2.45) is 0 Å². The first-order valence-electron chi connectivity index (χ1n) is 9.88. The lowest BCUT2D eigenvalue weighted by Crippen LogP contribution is -2.31. The van der Waals surface area contributed by atoms with Crippen molar-refractivity contribution in [2.45, 2.75) is 42.4 Å². The molecule has 1 aliphatic heterocycles. The Bertz CT molecular complexity index is 1090. The Hall–Kier alpha value is -2.23. The number of sulfonamides is 1. The van der Waals surface area contributed by atoms with Gasteiger partial charge in [-0.2, -0.15) is 4.31 Å². The molecule has 3 rings (SSSR count). The minimum absolute atomic E-state index is 0.0853. The monoisotopic (exact) mass is 450 g/mol. The molecule has 0 aromatic heterocycles. The van der Waals surface area contributed by atoms with E-state index >= 15 is 0 Å². The van der Waals surface area contributed by atoms with E-state index in [1.54, 1.807) is 12.1 Å². The second kappa shape index (κ2) is 9.28. The quantitative estimate of drug-likeness (QED) is 0.729. The third kappa shape index (κ3) is 5.47. The van der Waals surface area contributed by atoms with E-state index in [1.165, 1.54) is 40.7 Å². The van der Waals surface area contributed by atoms with E-state index < -0.39 is 31.5 Å². The van der Waals surface area contributed by atoms with E-state index in [0.29, 0.717) is 18.8 Å². The fourth-order valence-electron chi connectivity index (χ4n) is 3.34. The fraction of sp³-hybridized carbons (Fsp3) is 0.381. The van der Waals surface area contributed by atoms with Crippen LogP contribution in [0.15, 0.2) is 58.3 Å². The minimum Gasteiger partial charge on any atom is -0.325 e. The smallest absolute Gasteiger partial charge is 0.243 e. The van der Waals surface area contributed by atoms with Crippen LogP contribution >= 0.6 is 0 Å². The second-order valence-electron chi connectivity index (χ2n) is 7.46. The van der Waals surface area contributed by atoms with Gasteiger partial charge in [-0.3, -0.25) is 4.79 Å². The topological polar surface area (TPSA) is 101 Å². The highest BCUT2D eigenvalue weighted by molar-refractivity contribution is 7.92. The van der Waals surface area contributed by atoms with E-state index in [2.05, 4.69) is 5.32 Å². The van der Waals surface area contributed by atoms with Gasteiger partial charge in [-0.1, -0.05) is 30.5 Å². The van der Waals surface area contributed by atoms with Gasteiger partial charge in [0.15, 0.2) is 9.84 Å². The van der Waals surface area contributed by atoms with E-state index in [1.807, 2.05) is 6.92 Å². The third-order valence-electron chi connectivity index (χ3n) is 5.04. The number of rotatable bonds is 6. The molecule has 30 heavy (non-hydrogen) atoms. The lowest BCUT2D eigenvalue weighted by atomic mass is 10.2. The Kier molecular flexibility index (Phi) is 6.95. The summed E-state index contributed by atoms with van der Waals surface area (Å²) in [6.07, 6.45) is 3.76. The lowest BCUT2D eigenvalue weighted by molar-refractivity contribution is -0.113. The van der Waals surface area contributed by atoms with E-state index in [-0.39, 0.29) is 9.79 Å². The molecule has 0 unspecified atom stereocenters. The van der Waals surface area contributed by atoms with Crippen LogP contribution in [0, 0.1) is 6.92 Å². The van der Waals surface area contributed by atoms with Gasteiger partial charge in [0.05, 0.1) is 9.79 Å². The lowest BCUT2D eigenvalue weighted by Gasteiger charge is -2.20. The Morgan fingerprint density at radius 2 is 1.37 bits per heavy atom. The summed E-state index contributed by atoms with van der Waals surface area (Å²) in [6.45, 7) is 2.87. The van der Waals surface area contributed by atoms with Crippen LogP contribution in [-0.2, 0) is 24.7 Å². The molecular formula is C21H26N2O5S2. The molecule has 1 amide bonds. The summed E-state index contributed by atoms with van der Waals surface area (Å²) in [5, 5.41) is 2.52. The van der Waals surface area contributed by atoms with Crippen LogP contribution in [0.25, 0.3) is 0 Å². The van der Waals surface area contributed by atoms with E-state index in [9.17, 15) is 21.6 Å². The molecule has 1 saturated heterocycles. The van der Waals surface area contributed by atoms with Gasteiger partial charge in [-0.25, -0.2) is 16.8 Å². The average molecular weight is 451 g/mol. The molecule has 0 radical (unpaired) electrons. The van der Waals surface area contributed by atoms with Crippen molar-refractivity contribution in [2.75, 3.05) is 24.2 Å². The van der Waals surface area contributed by atoms with Crippen LogP contribution in [0.5, 0.6) is 0 Å². The second-order valence-corrected chi connectivity index (χ2v) is 11.4. The summed E-state index contributed by atoms with van der Waals surface area (Å²) in [5.74, 6) is -1.37. The fourth-order valence-corrected chi connectivity index (χ4v) is 5.99. The molecule has 1 heterocycles. The maximum atomic E-state index is 12.8. The maximum Gasteiger partial charge on any atom is 0.243 e. The predicted octanol–water partition coefficient (Wildman–Crippen LogP) is 2.97. The largest absolute Gasteiger partial charge is 0.325 e. The van der Waals surface area contributed by atoms with Gasteiger partial charge < -0.3 is 5.32 Å². The number of carbonyl (C=O) groups is 1. The minimum atomic E-state index is -3.76. The number of hydrogen-bond donors (Lipinski definition) is 1. The number of nitrogens with zero attached hydrogens (tertiary/aromatic N) is 1. The Morgan fingerprint density at radius 1 is 0.833 bits per heavy atom. The molecule has 1 N–H and O–H groups in total. The standard InChI is InChI=1S/C21H26N2O5S2/c1-17-6-10-19(11-7-17)29(25,26)16-21(24)22-18-8-12-20(13-9-18)30(27,28)23-14-4-2-3-5-15-23/h6-13H,2-5,14-16H2,1H3,(H,22,24). The molecule has 162 valence electrons. The summed E-state index contributed by atoms with van der Waals surface area (Å²) < 4.78 is 51.9. The number of aryl methyl sites for hydroxylation is 1. The zero-order chi connectivity index (χ0) is 21.8. The van der Waals surface area contributed by atoms with Crippen molar-refractivity contribution in [1.29, 1.82) is 0 Å². The number of amides is 1. The van der Waals surface area contributed by atoms with Crippen molar-refractivity contribution in [1.82, 2.24) is 4.31 Å². The Labute approximate surface area is 178 Å². The predicted molar refractivity (Wildman–Crippen MR) is 116 cm³/mol. The highest BCUT2D eigenvalue weighted by Gasteiger charge is 2.25. The van der Waals surface area contributed by atoms with Crippen LogP contribution in [0.2, 0.25) is 0 Å². The summed E-state index contributed by atoms with van der Waals surface area (Å²) in [6, 6.07) is 12.1. The van der Waals surface area contributed by atoms with E-state index in [4.69, 9.17) is 0 Å². The van der Waals surface area contributed by atoms with Crippen molar-refractivity contribution < 1.29 is 21.6 Å². The number of sulfone groups is 1. The first-order chi connectivity index (χ1) is 14.2. The van der Waals surface area contributed by atoms with Gasteiger partial charge in [0, 0.05) is 18.8 Å². The number of benzene rings is 2. The molecule has 1 aliphatic rings. The van der Waals surface area contributed by atoms with Gasteiger partial charge in [0.25, 0.3) is 0 Å². The summed E-state index contributed by atoms with van der Waals surface area (Å²) >= 11 is 0. The average Bonchev–Trinajstić information content (AvgIpc) is 2.98. The molecule has 2 aromatic rings. The molecule has 7 nitrogen and oxygen atoms in total. The van der Waals surface area contributed by atoms with Crippen molar-refractivity contribution in [3.05, 3.63) is 54.1 Å². The Balaban J connectivity index is 1.66. The normalized spacial score (nSPS) is 16.0. The van der Waals surface area contributed by atoms with Crippen LogP contribution in [-0.4, -0.2) is 45.9 Å². The first kappa shape index (κ1) is 22.5. The van der Waals surface area contributed by atoms with Crippen LogP contribution < -0.4 is 5.32 Å². The van der Waals surface area contributed by atoms with Gasteiger partial charge in [-0.05, 0) is 56.2 Å². The number of anilines is 1. The zero-order valence-electron chi connectivity index (χ0n) is 16.9. The van der Waals surface area contributed by atoms with Gasteiger partial charge in [0.2, 0.25) is 15.9 Å². The molecule has 0 atom stereocenters. The molecule has 2 aromatic carbocycles. The number of carbonyl (C=O) groups excluding carboxylic acids is 1. The third-order valence-corrected chi connectivity index (χ3v) is 8.59. The zero-order valence-corrected chi connectivity index (χ0v) is 18.5. The van der Waals surface area contributed by atoms with Gasteiger partial charge in [-0.15, -0.1) is 0 Å². The summed E-state index contributed by atoms with van der Waals surface area (Å²) in [4.78, 5) is 12.5. The number of nitrogens with one attached hydrogen (secondary N) is 1. The van der Waals surface area contributed by atoms with Gasteiger partial charge in [0.1, 0.15) is 5.75 Å². The SMILES string of the molecule is Cc1ccc(S(=O)(=O)CC(=O)Nc2ccc(S(=O)(=O)N3CCCCCC3)cc2)cc1. The van der Waals surface area contributed by atoms with Gasteiger partial charge >= 0.3 is 0 Å². The molecule has 9 heteroatoms. The van der Waals surface area contributed by atoms with Crippen LogP contribution in [0.4, 0.5) is 5.69 Å². The molecule has 0 aliphatic carbocycles. The molecule has 0 bridgehead atoms. The van der Waals surface area contributed by atoms with Crippen LogP contribution in [0.3, 0.4) is 0 Å². The molecule has 0 saturated carbocycles. The highest BCUT2D eigenvalue weighted by Crippen LogP contribution is 2.22. The summed E-state index contributed by atoms with van der Waals surface area (Å²) in [7, 11) is -7.33. The molecule has 1 fully saturated rings. The Morgan fingerprint density at radius 3 is 1.93 bits per heavy atom.